The number of rotatable bonds is 4. The fourth-order valence-corrected chi connectivity index (χ4v) is 3.74. The third-order valence-electron chi connectivity index (χ3n) is 5.47. The molecule has 27 heavy (non-hydrogen) atoms. The van der Waals surface area contributed by atoms with Crippen LogP contribution in [0.2, 0.25) is 18.1 Å². The lowest BCUT2D eigenvalue weighted by atomic mass is 10.0. The highest BCUT2D eigenvalue weighted by atomic mass is 28.4. The molecule has 3 atom stereocenters. The Morgan fingerprint density at radius 2 is 1.89 bits per heavy atom. The molecule has 0 radical (unpaired) electrons. The molecular weight excluding hydrogens is 381 g/mol. The molecule has 0 saturated carbocycles. The molecule has 0 aliphatic carbocycles. The van der Waals surface area contributed by atoms with Gasteiger partial charge in [-0.05, 0) is 31.5 Å². The Hall–Kier alpha value is -1.39. The van der Waals surface area contributed by atoms with Gasteiger partial charge in [0.25, 0.3) is 5.56 Å². The van der Waals surface area contributed by atoms with E-state index in [-0.39, 0.29) is 23.6 Å². The van der Waals surface area contributed by atoms with Crippen molar-refractivity contribution in [2.45, 2.75) is 70.8 Å². The average Bonchev–Trinajstić information content (AvgIpc) is 2.92. The molecule has 10 heteroatoms. The highest BCUT2D eigenvalue weighted by Gasteiger charge is 2.53. The summed E-state index contributed by atoms with van der Waals surface area (Å²) in [6.45, 7) is 11.6. The maximum Gasteiger partial charge on any atom is 0.396 e. The van der Waals surface area contributed by atoms with Gasteiger partial charge in [0.15, 0.2) is 8.32 Å². The van der Waals surface area contributed by atoms with Crippen molar-refractivity contribution >= 4 is 8.32 Å². The number of hydrogen-bond acceptors (Lipinski definition) is 4. The molecule has 2 heterocycles. The van der Waals surface area contributed by atoms with Crippen molar-refractivity contribution in [3.8, 4) is 0 Å². The van der Waals surface area contributed by atoms with Gasteiger partial charge in [0.05, 0.1) is 12.7 Å². The highest BCUT2D eigenvalue weighted by molar-refractivity contribution is 6.74. The molecule has 0 amide bonds. The average molecular weight is 408 g/mol. The van der Waals surface area contributed by atoms with E-state index >= 15 is 0 Å². The van der Waals surface area contributed by atoms with Crippen molar-refractivity contribution in [1.29, 1.82) is 0 Å². The summed E-state index contributed by atoms with van der Waals surface area (Å²) in [5, 5.41) is -0.0819. The first-order valence-electron chi connectivity index (χ1n) is 8.81. The SMILES string of the molecule is Cc1cn([C@H]2O[C@H](CO[Si](C)(C)C(C)(C)C)C[C@@H]2C(F)(F)F)c(=O)[nH]c1=O. The Morgan fingerprint density at radius 3 is 2.41 bits per heavy atom. The van der Waals surface area contributed by atoms with Gasteiger partial charge in [-0.25, -0.2) is 4.79 Å². The topological polar surface area (TPSA) is 73.3 Å². The predicted molar refractivity (Wildman–Crippen MR) is 97.3 cm³/mol. The summed E-state index contributed by atoms with van der Waals surface area (Å²) in [6, 6.07) is 0. The molecule has 1 aromatic rings. The van der Waals surface area contributed by atoms with Gasteiger partial charge in [0.2, 0.25) is 0 Å². The number of aryl methyl sites for hydroxylation is 1. The minimum Gasteiger partial charge on any atom is -0.414 e. The summed E-state index contributed by atoms with van der Waals surface area (Å²) < 4.78 is 53.0. The third-order valence-corrected chi connectivity index (χ3v) is 9.97. The second-order valence-electron chi connectivity index (χ2n) is 8.58. The van der Waals surface area contributed by atoms with Crippen molar-refractivity contribution in [2.24, 2.45) is 5.92 Å². The number of aromatic nitrogens is 2. The molecule has 1 fully saturated rings. The van der Waals surface area contributed by atoms with Gasteiger partial charge < -0.3 is 9.16 Å². The largest absolute Gasteiger partial charge is 0.414 e. The van der Waals surface area contributed by atoms with E-state index in [1.807, 2.05) is 38.8 Å². The molecule has 2 rings (SSSR count). The smallest absolute Gasteiger partial charge is 0.396 e. The van der Waals surface area contributed by atoms with Crippen LogP contribution < -0.4 is 11.2 Å². The Kier molecular flexibility index (Phi) is 5.85. The van der Waals surface area contributed by atoms with Gasteiger partial charge in [0, 0.05) is 11.8 Å². The Bertz CT molecular complexity index is 795. The van der Waals surface area contributed by atoms with Crippen LogP contribution in [0.5, 0.6) is 0 Å². The zero-order chi connectivity index (χ0) is 20.8. The molecule has 0 bridgehead atoms. The van der Waals surface area contributed by atoms with E-state index in [9.17, 15) is 22.8 Å². The van der Waals surface area contributed by atoms with Crippen molar-refractivity contribution in [2.75, 3.05) is 6.61 Å². The van der Waals surface area contributed by atoms with Gasteiger partial charge in [0.1, 0.15) is 12.1 Å². The maximum absolute atomic E-state index is 13.5. The lowest BCUT2D eigenvalue weighted by Crippen LogP contribution is -2.42. The number of nitrogens with zero attached hydrogens (tertiary/aromatic N) is 1. The molecular formula is C17H27F3N2O4Si. The van der Waals surface area contributed by atoms with Gasteiger partial charge >= 0.3 is 11.9 Å². The standard InChI is InChI=1S/C17H27F3N2O4Si/c1-10-8-22(15(24)21-13(10)23)14-12(17(18,19)20)7-11(26-14)9-25-27(5,6)16(2,3)4/h8,11-12,14H,7,9H2,1-6H3,(H,21,23,24)/t11-,12-,14-/m0/s1. The fraction of sp³-hybridized carbons (Fsp3) is 0.765. The minimum atomic E-state index is -4.54. The molecule has 0 aromatic carbocycles. The number of nitrogens with one attached hydrogen (secondary N) is 1. The molecule has 0 spiro atoms. The molecule has 1 aromatic heterocycles. The summed E-state index contributed by atoms with van der Waals surface area (Å²) in [4.78, 5) is 25.6. The van der Waals surface area contributed by atoms with Crippen LogP contribution in [-0.2, 0) is 9.16 Å². The monoisotopic (exact) mass is 408 g/mol. The quantitative estimate of drug-likeness (QED) is 0.776. The summed E-state index contributed by atoms with van der Waals surface area (Å²) in [6.07, 6.45) is -6.04. The number of hydrogen-bond donors (Lipinski definition) is 1. The van der Waals surface area contributed by atoms with E-state index in [0.717, 1.165) is 10.8 Å². The van der Waals surface area contributed by atoms with E-state index in [0.29, 0.717) is 0 Å². The van der Waals surface area contributed by atoms with Gasteiger partial charge in [-0.15, -0.1) is 0 Å². The van der Waals surface area contributed by atoms with Gasteiger partial charge in [-0.1, -0.05) is 20.8 Å². The van der Waals surface area contributed by atoms with Crippen LogP contribution in [0.1, 0.15) is 39.0 Å². The second kappa shape index (κ2) is 7.21. The van der Waals surface area contributed by atoms with Crippen LogP contribution >= 0.6 is 0 Å². The minimum absolute atomic E-state index is 0.0384. The van der Waals surface area contributed by atoms with Crippen LogP contribution in [0.3, 0.4) is 0 Å². The van der Waals surface area contributed by atoms with Crippen molar-refractivity contribution < 1.29 is 22.3 Å². The van der Waals surface area contributed by atoms with Crippen molar-refractivity contribution in [1.82, 2.24) is 9.55 Å². The lowest BCUT2D eigenvalue weighted by Gasteiger charge is -2.36. The van der Waals surface area contributed by atoms with Crippen LogP contribution in [0.4, 0.5) is 13.2 Å². The van der Waals surface area contributed by atoms with E-state index in [1.165, 1.54) is 6.92 Å². The molecule has 1 aliphatic rings. The predicted octanol–water partition coefficient (Wildman–Crippen LogP) is 3.33. The third kappa shape index (κ3) is 4.72. The van der Waals surface area contributed by atoms with E-state index in [4.69, 9.17) is 9.16 Å². The number of H-pyrrole nitrogens is 1. The highest BCUT2D eigenvalue weighted by Crippen LogP contribution is 2.45. The Morgan fingerprint density at radius 1 is 1.30 bits per heavy atom. The molecule has 0 unspecified atom stereocenters. The van der Waals surface area contributed by atoms with Crippen molar-refractivity contribution in [3.63, 3.8) is 0 Å². The van der Waals surface area contributed by atoms with Crippen LogP contribution in [0, 0.1) is 12.8 Å². The molecule has 6 nitrogen and oxygen atoms in total. The zero-order valence-corrected chi connectivity index (χ0v) is 17.4. The molecule has 1 N–H and O–H groups in total. The molecule has 1 saturated heterocycles. The van der Waals surface area contributed by atoms with Crippen LogP contribution in [0.25, 0.3) is 0 Å². The summed E-state index contributed by atoms with van der Waals surface area (Å²) >= 11 is 0. The normalized spacial score (nSPS) is 24.4. The number of halogens is 3. The van der Waals surface area contributed by atoms with Crippen LogP contribution in [0.15, 0.2) is 15.8 Å². The fourth-order valence-electron chi connectivity index (χ4n) is 2.70. The molecule has 1 aliphatic heterocycles. The van der Waals surface area contributed by atoms with E-state index in [1.54, 1.807) is 0 Å². The first-order valence-corrected chi connectivity index (χ1v) is 11.7. The number of aromatic amines is 1. The zero-order valence-electron chi connectivity index (χ0n) is 16.4. The van der Waals surface area contributed by atoms with Crippen molar-refractivity contribution in [3.05, 3.63) is 32.6 Å². The second-order valence-corrected chi connectivity index (χ2v) is 13.4. The van der Waals surface area contributed by atoms with E-state index in [2.05, 4.69) is 0 Å². The van der Waals surface area contributed by atoms with Crippen LogP contribution in [-0.4, -0.2) is 36.8 Å². The summed E-state index contributed by atoms with van der Waals surface area (Å²) in [5.41, 5.74) is -1.41. The first kappa shape index (κ1) is 21.9. The van der Waals surface area contributed by atoms with E-state index < -0.39 is 44.0 Å². The number of ether oxygens (including phenoxy) is 1. The maximum atomic E-state index is 13.5. The lowest BCUT2D eigenvalue weighted by molar-refractivity contribution is -0.198. The summed E-state index contributed by atoms with van der Waals surface area (Å²) in [5.74, 6) is -1.85. The first-order chi connectivity index (χ1) is 12.1. The number of alkyl halides is 3. The Balaban J connectivity index is 2.27. The Labute approximate surface area is 156 Å². The van der Waals surface area contributed by atoms with Gasteiger partial charge in [-0.2, -0.15) is 13.2 Å². The molecule has 154 valence electrons. The van der Waals surface area contributed by atoms with Gasteiger partial charge in [-0.3, -0.25) is 14.3 Å². The summed E-state index contributed by atoms with van der Waals surface area (Å²) in [7, 11) is -2.15.